The molecule has 20 heavy (non-hydrogen) atoms. The molecular formula is C14H24N2O4. The van der Waals surface area contributed by atoms with Crippen LogP contribution in [-0.2, 0) is 14.4 Å². The largest absolute Gasteiger partial charge is 0.480 e. The lowest BCUT2D eigenvalue weighted by Crippen LogP contribution is -2.45. The number of likely N-dealkylation sites (tertiary alicyclic amines) is 1. The number of hydrogen-bond acceptors (Lipinski definition) is 3. The van der Waals surface area contributed by atoms with Crippen LogP contribution in [0.3, 0.4) is 0 Å². The van der Waals surface area contributed by atoms with E-state index in [0.717, 1.165) is 0 Å². The van der Waals surface area contributed by atoms with Gasteiger partial charge in [0.1, 0.15) is 6.04 Å². The Morgan fingerprint density at radius 1 is 1.35 bits per heavy atom. The maximum atomic E-state index is 12.1. The first kappa shape index (κ1) is 16.5. The molecule has 1 aliphatic heterocycles. The van der Waals surface area contributed by atoms with Crippen LogP contribution in [0.2, 0.25) is 0 Å². The van der Waals surface area contributed by atoms with Gasteiger partial charge >= 0.3 is 5.97 Å². The standard InChI is InChI=1S/C14H24N2O4/c1-8(2)5-11(14(19)20)15-13(18)10-6-12(17)16(7-10)9(3)4/h8-11H,5-7H2,1-4H3,(H,15,18)(H,19,20)/t10?,11-/m1/s1. The first-order valence-corrected chi connectivity index (χ1v) is 7.05. The molecule has 6 heteroatoms. The van der Waals surface area contributed by atoms with E-state index in [1.807, 2.05) is 27.7 Å². The molecule has 6 nitrogen and oxygen atoms in total. The number of carboxylic acid groups (broad SMARTS) is 1. The monoisotopic (exact) mass is 284 g/mol. The Morgan fingerprint density at radius 2 is 1.95 bits per heavy atom. The average Bonchev–Trinajstić information content (AvgIpc) is 2.69. The summed E-state index contributed by atoms with van der Waals surface area (Å²) in [7, 11) is 0. The summed E-state index contributed by atoms with van der Waals surface area (Å²) in [5.41, 5.74) is 0. The van der Waals surface area contributed by atoms with Crippen molar-refractivity contribution in [3.63, 3.8) is 0 Å². The summed E-state index contributed by atoms with van der Waals surface area (Å²) in [4.78, 5) is 36.6. The zero-order chi connectivity index (χ0) is 15.4. The third kappa shape index (κ3) is 4.21. The van der Waals surface area contributed by atoms with E-state index in [1.165, 1.54) is 0 Å². The Hall–Kier alpha value is -1.59. The van der Waals surface area contributed by atoms with E-state index in [2.05, 4.69) is 5.32 Å². The van der Waals surface area contributed by atoms with Crippen LogP contribution in [0.25, 0.3) is 0 Å². The number of nitrogens with zero attached hydrogens (tertiary/aromatic N) is 1. The highest BCUT2D eigenvalue weighted by atomic mass is 16.4. The van der Waals surface area contributed by atoms with Gasteiger partial charge in [-0.3, -0.25) is 9.59 Å². The fraction of sp³-hybridized carbons (Fsp3) is 0.786. The van der Waals surface area contributed by atoms with Gasteiger partial charge in [0.25, 0.3) is 0 Å². The molecule has 0 bridgehead atoms. The van der Waals surface area contributed by atoms with Crippen LogP contribution in [0.4, 0.5) is 0 Å². The van der Waals surface area contributed by atoms with Gasteiger partial charge in [-0.15, -0.1) is 0 Å². The molecule has 0 spiro atoms. The molecule has 2 atom stereocenters. The molecule has 114 valence electrons. The smallest absolute Gasteiger partial charge is 0.326 e. The predicted molar refractivity (Wildman–Crippen MR) is 74.0 cm³/mol. The maximum absolute atomic E-state index is 12.1. The van der Waals surface area contributed by atoms with Gasteiger partial charge in [-0.2, -0.15) is 0 Å². The van der Waals surface area contributed by atoms with Crippen LogP contribution < -0.4 is 5.32 Å². The maximum Gasteiger partial charge on any atom is 0.326 e. The lowest BCUT2D eigenvalue weighted by molar-refractivity contribution is -0.142. The van der Waals surface area contributed by atoms with Crippen LogP contribution in [0.5, 0.6) is 0 Å². The van der Waals surface area contributed by atoms with E-state index in [0.29, 0.717) is 13.0 Å². The normalized spacial score (nSPS) is 20.6. The zero-order valence-electron chi connectivity index (χ0n) is 12.5. The van der Waals surface area contributed by atoms with Gasteiger partial charge in [-0.25, -0.2) is 4.79 Å². The molecule has 1 heterocycles. The van der Waals surface area contributed by atoms with E-state index in [4.69, 9.17) is 5.11 Å². The van der Waals surface area contributed by atoms with Crippen LogP contribution in [0.15, 0.2) is 0 Å². The Kier molecular flexibility index (Phi) is 5.53. The highest BCUT2D eigenvalue weighted by Crippen LogP contribution is 2.20. The zero-order valence-corrected chi connectivity index (χ0v) is 12.5. The minimum Gasteiger partial charge on any atom is -0.480 e. The lowest BCUT2D eigenvalue weighted by Gasteiger charge is -2.21. The fourth-order valence-corrected chi connectivity index (χ4v) is 2.39. The summed E-state index contributed by atoms with van der Waals surface area (Å²) >= 11 is 0. The Bertz CT molecular complexity index is 393. The molecule has 0 aromatic heterocycles. The quantitative estimate of drug-likeness (QED) is 0.757. The van der Waals surface area contributed by atoms with Crippen LogP contribution in [-0.4, -0.2) is 46.4 Å². The van der Waals surface area contributed by atoms with Crippen molar-refractivity contribution in [3.05, 3.63) is 0 Å². The number of aliphatic carboxylic acids is 1. The molecule has 1 aliphatic rings. The molecule has 1 rings (SSSR count). The van der Waals surface area contributed by atoms with Crippen molar-refractivity contribution < 1.29 is 19.5 Å². The number of carbonyl (C=O) groups excluding carboxylic acids is 2. The molecule has 0 saturated carbocycles. The third-order valence-corrected chi connectivity index (χ3v) is 3.47. The summed E-state index contributed by atoms with van der Waals surface area (Å²) in [6, 6.07) is -0.822. The van der Waals surface area contributed by atoms with E-state index >= 15 is 0 Å². The highest BCUT2D eigenvalue weighted by Gasteiger charge is 2.36. The molecule has 1 fully saturated rings. The number of rotatable bonds is 6. The van der Waals surface area contributed by atoms with E-state index in [9.17, 15) is 14.4 Å². The minimum atomic E-state index is -1.03. The SMILES string of the molecule is CC(C)C[C@@H](NC(=O)C1CC(=O)N(C(C)C)C1)C(=O)O. The van der Waals surface area contributed by atoms with Gasteiger partial charge in [0, 0.05) is 19.0 Å². The second-order valence-corrected chi connectivity index (χ2v) is 6.07. The summed E-state index contributed by atoms with van der Waals surface area (Å²) in [5.74, 6) is -1.68. The Labute approximate surface area is 119 Å². The van der Waals surface area contributed by atoms with Gasteiger partial charge < -0.3 is 15.3 Å². The van der Waals surface area contributed by atoms with Crippen molar-refractivity contribution in [3.8, 4) is 0 Å². The third-order valence-electron chi connectivity index (χ3n) is 3.47. The lowest BCUT2D eigenvalue weighted by atomic mass is 10.0. The highest BCUT2D eigenvalue weighted by molar-refractivity contribution is 5.91. The van der Waals surface area contributed by atoms with Gasteiger partial charge in [-0.1, -0.05) is 13.8 Å². The Morgan fingerprint density at radius 3 is 2.35 bits per heavy atom. The van der Waals surface area contributed by atoms with Crippen molar-refractivity contribution in [2.24, 2.45) is 11.8 Å². The number of carboxylic acids is 1. The van der Waals surface area contributed by atoms with Gasteiger partial charge in [0.2, 0.25) is 11.8 Å². The van der Waals surface area contributed by atoms with E-state index < -0.39 is 17.9 Å². The van der Waals surface area contributed by atoms with E-state index in [-0.39, 0.29) is 30.2 Å². The van der Waals surface area contributed by atoms with Crippen molar-refractivity contribution in [1.82, 2.24) is 10.2 Å². The number of amides is 2. The molecule has 0 aliphatic carbocycles. The Balaban J connectivity index is 2.62. The summed E-state index contributed by atoms with van der Waals surface area (Å²) < 4.78 is 0. The summed E-state index contributed by atoms with van der Waals surface area (Å²) in [5, 5.41) is 11.7. The topological polar surface area (TPSA) is 86.7 Å². The van der Waals surface area contributed by atoms with Gasteiger partial charge in [0.15, 0.2) is 0 Å². The van der Waals surface area contributed by atoms with Gasteiger partial charge in [0.05, 0.1) is 5.92 Å². The van der Waals surface area contributed by atoms with Gasteiger partial charge in [-0.05, 0) is 26.2 Å². The molecule has 0 aromatic carbocycles. The van der Waals surface area contributed by atoms with Crippen molar-refractivity contribution in [2.75, 3.05) is 6.54 Å². The number of carbonyl (C=O) groups is 3. The molecule has 2 amide bonds. The van der Waals surface area contributed by atoms with Crippen molar-refractivity contribution in [2.45, 2.75) is 52.6 Å². The average molecular weight is 284 g/mol. The second kappa shape index (κ2) is 6.72. The summed E-state index contributed by atoms with van der Waals surface area (Å²) in [6.07, 6.45) is 0.549. The van der Waals surface area contributed by atoms with E-state index in [1.54, 1.807) is 4.90 Å². The molecule has 1 unspecified atom stereocenters. The van der Waals surface area contributed by atoms with Crippen LogP contribution >= 0.6 is 0 Å². The fourth-order valence-electron chi connectivity index (χ4n) is 2.39. The number of nitrogens with one attached hydrogen (secondary N) is 1. The van der Waals surface area contributed by atoms with Crippen molar-refractivity contribution >= 4 is 17.8 Å². The molecule has 1 saturated heterocycles. The predicted octanol–water partition coefficient (Wildman–Crippen LogP) is 0.859. The van der Waals surface area contributed by atoms with Crippen LogP contribution in [0, 0.1) is 11.8 Å². The molecule has 0 aromatic rings. The molecular weight excluding hydrogens is 260 g/mol. The molecule has 2 N–H and O–H groups in total. The first-order valence-electron chi connectivity index (χ1n) is 7.05. The van der Waals surface area contributed by atoms with Crippen LogP contribution in [0.1, 0.15) is 40.5 Å². The second-order valence-electron chi connectivity index (χ2n) is 6.07. The number of hydrogen-bond donors (Lipinski definition) is 2. The van der Waals surface area contributed by atoms with Crippen molar-refractivity contribution in [1.29, 1.82) is 0 Å². The first-order chi connectivity index (χ1) is 9.22. The summed E-state index contributed by atoms with van der Waals surface area (Å²) in [6.45, 7) is 7.98. The molecule has 0 radical (unpaired) electrons. The minimum absolute atomic E-state index is 0.0455.